The maximum Gasteiger partial charge on any atom is 0.326 e. The number of hydrogen-bond donors (Lipinski definition) is 7. The van der Waals surface area contributed by atoms with Crippen LogP contribution in [0.4, 0.5) is 0 Å². The zero-order valence-corrected chi connectivity index (χ0v) is 22.1. The lowest BCUT2D eigenvalue weighted by molar-refractivity contribution is -0.142. The van der Waals surface area contributed by atoms with E-state index in [0.29, 0.717) is 43.8 Å². The Kier molecular flexibility index (Phi) is 14.9. The van der Waals surface area contributed by atoms with E-state index in [2.05, 4.69) is 21.3 Å². The molecule has 0 aliphatic carbocycles. The molecule has 0 spiro atoms. The van der Waals surface area contributed by atoms with Gasteiger partial charge in [0, 0.05) is 25.9 Å². The van der Waals surface area contributed by atoms with Gasteiger partial charge in [-0.3, -0.25) is 14.4 Å². The second-order valence-corrected chi connectivity index (χ2v) is 9.52. The number of aromatic hydroxyl groups is 1. The number of benzene rings is 1. The van der Waals surface area contributed by atoms with Crippen molar-refractivity contribution in [3.63, 3.8) is 0 Å². The fourth-order valence-corrected chi connectivity index (χ4v) is 3.63. The van der Waals surface area contributed by atoms with Crippen LogP contribution in [0.3, 0.4) is 0 Å². The molecule has 1 rings (SSSR count). The van der Waals surface area contributed by atoms with E-state index in [4.69, 9.17) is 5.73 Å². The van der Waals surface area contributed by atoms with E-state index in [9.17, 15) is 29.4 Å². The Hall–Kier alpha value is -3.18. The Morgan fingerprint density at radius 3 is 2.05 bits per heavy atom. The van der Waals surface area contributed by atoms with Crippen LogP contribution >= 0.6 is 0 Å². The molecule has 0 unspecified atom stereocenters. The minimum Gasteiger partial charge on any atom is -0.508 e. The number of carbonyl (C=O) groups excluding carboxylic acids is 3. The quantitative estimate of drug-likeness (QED) is 0.138. The number of carboxylic acids is 1. The number of aliphatic carboxylic acids is 1. The Balaban J connectivity index is 2.78. The maximum atomic E-state index is 13.1. The van der Waals surface area contributed by atoms with E-state index < -0.39 is 35.9 Å². The summed E-state index contributed by atoms with van der Waals surface area (Å²) in [4.78, 5) is 48.6. The summed E-state index contributed by atoms with van der Waals surface area (Å²) in [5, 5.41) is 30.3. The molecule has 0 fully saturated rings. The molecular weight excluding hydrogens is 478 g/mol. The van der Waals surface area contributed by atoms with Crippen LogP contribution in [0.5, 0.6) is 5.75 Å². The molecule has 11 nitrogen and oxygen atoms in total. The molecule has 0 aliphatic heterocycles. The first kappa shape index (κ1) is 31.8. The van der Waals surface area contributed by atoms with Crippen LogP contribution in [0.2, 0.25) is 0 Å². The highest BCUT2D eigenvalue weighted by Gasteiger charge is 2.28. The SMILES string of the molecule is CC(=O)NCCCC[C@H](N)C(=O)N[C@@H](Cc1ccc(O)cc1)C(=O)N[C@@H](CCCCNC(C)C)C(=O)O. The standard InChI is InChI=1S/C26H43N5O6/c1-17(2)28-14-7-5-9-22(26(36)37)30-25(35)23(16-19-10-12-20(33)13-11-19)31-24(34)21(27)8-4-6-15-29-18(3)32/h10-13,17,21-23,28,33H,4-9,14-16,27H2,1-3H3,(H,29,32)(H,30,35)(H,31,34)(H,36,37)/t21-,22-,23-/m0/s1. The molecule has 3 amide bonds. The number of carbonyl (C=O) groups is 4. The molecule has 11 heteroatoms. The topological polar surface area (TPSA) is 183 Å². The summed E-state index contributed by atoms with van der Waals surface area (Å²) in [6, 6.07) is 3.52. The minimum absolute atomic E-state index is 0.0629. The second kappa shape index (κ2) is 17.3. The highest BCUT2D eigenvalue weighted by Crippen LogP contribution is 2.12. The molecule has 37 heavy (non-hydrogen) atoms. The Morgan fingerprint density at radius 2 is 1.46 bits per heavy atom. The number of unbranched alkanes of at least 4 members (excludes halogenated alkanes) is 2. The fourth-order valence-electron chi connectivity index (χ4n) is 3.63. The van der Waals surface area contributed by atoms with Gasteiger partial charge in [-0.25, -0.2) is 4.79 Å². The van der Waals surface area contributed by atoms with Crippen LogP contribution in [-0.4, -0.2) is 71.2 Å². The molecule has 0 saturated heterocycles. The van der Waals surface area contributed by atoms with Crippen molar-refractivity contribution in [2.45, 2.75) is 89.9 Å². The molecule has 3 atom stereocenters. The highest BCUT2D eigenvalue weighted by molar-refractivity contribution is 5.92. The second-order valence-electron chi connectivity index (χ2n) is 9.52. The Labute approximate surface area is 219 Å². The number of carboxylic acid groups (broad SMARTS) is 1. The molecule has 0 aliphatic rings. The molecule has 0 aromatic heterocycles. The van der Waals surface area contributed by atoms with E-state index in [1.54, 1.807) is 12.1 Å². The Bertz CT molecular complexity index is 862. The molecule has 1 aromatic carbocycles. The van der Waals surface area contributed by atoms with E-state index in [0.717, 1.165) is 13.0 Å². The minimum atomic E-state index is -1.14. The third-order valence-electron chi connectivity index (χ3n) is 5.75. The largest absolute Gasteiger partial charge is 0.508 e. The van der Waals surface area contributed by atoms with Gasteiger partial charge in [0.15, 0.2) is 0 Å². The van der Waals surface area contributed by atoms with Crippen molar-refractivity contribution in [2.75, 3.05) is 13.1 Å². The van der Waals surface area contributed by atoms with Gasteiger partial charge < -0.3 is 37.2 Å². The van der Waals surface area contributed by atoms with Gasteiger partial charge in [0.25, 0.3) is 0 Å². The number of phenolic OH excluding ortho intramolecular Hbond substituents is 1. The highest BCUT2D eigenvalue weighted by atomic mass is 16.4. The zero-order valence-electron chi connectivity index (χ0n) is 22.1. The maximum absolute atomic E-state index is 13.1. The zero-order chi connectivity index (χ0) is 27.8. The molecule has 8 N–H and O–H groups in total. The lowest BCUT2D eigenvalue weighted by Gasteiger charge is -2.23. The van der Waals surface area contributed by atoms with E-state index >= 15 is 0 Å². The van der Waals surface area contributed by atoms with Crippen molar-refractivity contribution in [1.82, 2.24) is 21.3 Å². The first-order valence-electron chi connectivity index (χ1n) is 12.8. The number of nitrogens with one attached hydrogen (secondary N) is 4. The lowest BCUT2D eigenvalue weighted by Crippen LogP contribution is -2.55. The summed E-state index contributed by atoms with van der Waals surface area (Å²) < 4.78 is 0. The molecule has 1 aromatic rings. The van der Waals surface area contributed by atoms with Crippen LogP contribution in [-0.2, 0) is 25.6 Å². The normalized spacial score (nSPS) is 13.4. The first-order chi connectivity index (χ1) is 17.5. The third-order valence-corrected chi connectivity index (χ3v) is 5.75. The predicted molar refractivity (Wildman–Crippen MR) is 141 cm³/mol. The van der Waals surface area contributed by atoms with Crippen molar-refractivity contribution in [2.24, 2.45) is 5.73 Å². The Morgan fingerprint density at radius 1 is 0.865 bits per heavy atom. The van der Waals surface area contributed by atoms with Gasteiger partial charge in [0.2, 0.25) is 17.7 Å². The smallest absolute Gasteiger partial charge is 0.326 e. The molecule has 208 valence electrons. The van der Waals surface area contributed by atoms with Crippen LogP contribution in [0, 0.1) is 0 Å². The monoisotopic (exact) mass is 521 g/mol. The number of amides is 3. The van der Waals surface area contributed by atoms with Crippen LogP contribution < -0.4 is 27.0 Å². The molecule has 0 heterocycles. The van der Waals surface area contributed by atoms with Gasteiger partial charge in [-0.05, 0) is 62.8 Å². The molecule has 0 bridgehead atoms. The van der Waals surface area contributed by atoms with Gasteiger partial charge in [-0.15, -0.1) is 0 Å². The third kappa shape index (κ3) is 14.2. The van der Waals surface area contributed by atoms with Crippen molar-refractivity contribution in [3.05, 3.63) is 29.8 Å². The number of phenols is 1. The van der Waals surface area contributed by atoms with Crippen molar-refractivity contribution < 1.29 is 29.4 Å². The predicted octanol–water partition coefficient (Wildman–Crippen LogP) is 0.791. The summed E-state index contributed by atoms with van der Waals surface area (Å²) in [5.74, 6) is -2.35. The van der Waals surface area contributed by atoms with Gasteiger partial charge in [0.1, 0.15) is 17.8 Å². The molecule has 0 saturated carbocycles. The molecular formula is C26H43N5O6. The average Bonchev–Trinajstić information content (AvgIpc) is 2.82. The van der Waals surface area contributed by atoms with E-state index in [1.165, 1.54) is 19.1 Å². The lowest BCUT2D eigenvalue weighted by atomic mass is 10.0. The van der Waals surface area contributed by atoms with Gasteiger partial charge in [0.05, 0.1) is 6.04 Å². The fraction of sp³-hybridized carbons (Fsp3) is 0.615. The van der Waals surface area contributed by atoms with Crippen LogP contribution in [0.25, 0.3) is 0 Å². The van der Waals surface area contributed by atoms with Gasteiger partial charge >= 0.3 is 5.97 Å². The van der Waals surface area contributed by atoms with Crippen LogP contribution in [0.1, 0.15) is 64.9 Å². The number of rotatable bonds is 18. The van der Waals surface area contributed by atoms with E-state index in [1.807, 2.05) is 13.8 Å². The van der Waals surface area contributed by atoms with E-state index in [-0.39, 0.29) is 24.5 Å². The van der Waals surface area contributed by atoms with Crippen molar-refractivity contribution in [1.29, 1.82) is 0 Å². The van der Waals surface area contributed by atoms with Gasteiger partial charge in [-0.1, -0.05) is 26.0 Å². The first-order valence-corrected chi connectivity index (χ1v) is 12.8. The summed E-state index contributed by atoms with van der Waals surface area (Å²) in [6.07, 6.45) is 3.35. The van der Waals surface area contributed by atoms with Gasteiger partial charge in [-0.2, -0.15) is 0 Å². The van der Waals surface area contributed by atoms with Crippen molar-refractivity contribution >= 4 is 23.7 Å². The number of hydrogen-bond acceptors (Lipinski definition) is 7. The number of nitrogens with two attached hydrogens (primary N) is 1. The molecule has 0 radical (unpaired) electrons. The summed E-state index contributed by atoms with van der Waals surface area (Å²) in [6.45, 7) is 6.72. The average molecular weight is 522 g/mol. The van der Waals surface area contributed by atoms with Crippen molar-refractivity contribution in [3.8, 4) is 5.75 Å². The summed E-state index contributed by atoms with van der Waals surface area (Å²) in [5.41, 5.74) is 6.70. The summed E-state index contributed by atoms with van der Waals surface area (Å²) in [7, 11) is 0. The van der Waals surface area contributed by atoms with Crippen LogP contribution in [0.15, 0.2) is 24.3 Å². The summed E-state index contributed by atoms with van der Waals surface area (Å²) >= 11 is 0.